The van der Waals surface area contributed by atoms with Crippen molar-refractivity contribution in [1.82, 2.24) is 20.1 Å². The van der Waals surface area contributed by atoms with Crippen LogP contribution in [0.1, 0.15) is 18.4 Å². The van der Waals surface area contributed by atoms with Gasteiger partial charge in [-0.3, -0.25) is 9.88 Å². The van der Waals surface area contributed by atoms with Crippen molar-refractivity contribution >= 4 is 16.9 Å². The van der Waals surface area contributed by atoms with Crippen LogP contribution in [0.4, 0.5) is 4.79 Å². The Hall–Kier alpha value is -3.16. The van der Waals surface area contributed by atoms with Crippen LogP contribution in [0, 0.1) is 6.92 Å². The molecule has 35 heavy (non-hydrogen) atoms. The van der Waals surface area contributed by atoms with Gasteiger partial charge in [-0.1, -0.05) is 30.3 Å². The molecule has 2 aliphatic heterocycles. The number of aromatic nitrogens is 1. The van der Waals surface area contributed by atoms with E-state index in [2.05, 4.69) is 52.5 Å². The summed E-state index contributed by atoms with van der Waals surface area (Å²) in [6, 6.07) is 16.7. The third-order valence-corrected chi connectivity index (χ3v) is 7.03. The maximum atomic E-state index is 12.5. The molecule has 2 saturated heterocycles. The fourth-order valence-electron chi connectivity index (χ4n) is 4.94. The van der Waals surface area contributed by atoms with Crippen molar-refractivity contribution in [2.45, 2.75) is 25.9 Å². The van der Waals surface area contributed by atoms with Gasteiger partial charge in [0.2, 0.25) is 0 Å². The molecule has 0 aliphatic carbocycles. The van der Waals surface area contributed by atoms with E-state index in [0.717, 1.165) is 81.0 Å². The zero-order chi connectivity index (χ0) is 24.0. The lowest BCUT2D eigenvalue weighted by atomic mass is 9.98. The summed E-state index contributed by atoms with van der Waals surface area (Å²) in [4.78, 5) is 21.3. The largest absolute Gasteiger partial charge is 0.490 e. The van der Waals surface area contributed by atoms with Crippen LogP contribution in [0.25, 0.3) is 22.0 Å². The van der Waals surface area contributed by atoms with Crippen LogP contribution in [0.3, 0.4) is 0 Å². The summed E-state index contributed by atoms with van der Waals surface area (Å²) in [6.45, 7) is 8.56. The molecule has 7 heteroatoms. The van der Waals surface area contributed by atoms with E-state index in [9.17, 15) is 4.79 Å². The van der Waals surface area contributed by atoms with Crippen molar-refractivity contribution in [3.8, 4) is 16.9 Å². The van der Waals surface area contributed by atoms with Gasteiger partial charge in [0, 0.05) is 63.7 Å². The van der Waals surface area contributed by atoms with Crippen molar-refractivity contribution < 1.29 is 14.3 Å². The minimum Gasteiger partial charge on any atom is -0.490 e. The second-order valence-electron chi connectivity index (χ2n) is 9.33. The Kier molecular flexibility index (Phi) is 7.45. The van der Waals surface area contributed by atoms with E-state index in [1.54, 1.807) is 0 Å². The number of piperidine rings is 1. The number of pyridine rings is 1. The number of rotatable bonds is 6. The number of urea groups is 1. The summed E-state index contributed by atoms with van der Waals surface area (Å²) in [5.74, 6) is 0.874. The lowest BCUT2D eigenvalue weighted by Gasteiger charge is -2.32. The highest BCUT2D eigenvalue weighted by atomic mass is 16.5. The molecule has 1 aromatic heterocycles. The van der Waals surface area contributed by atoms with Crippen molar-refractivity contribution in [3.63, 3.8) is 0 Å². The molecule has 0 bridgehead atoms. The summed E-state index contributed by atoms with van der Waals surface area (Å²) >= 11 is 0. The highest BCUT2D eigenvalue weighted by Gasteiger charge is 2.24. The highest BCUT2D eigenvalue weighted by molar-refractivity contribution is 5.88. The Balaban J connectivity index is 1.10. The number of carbonyl (C=O) groups excluding carboxylic acids is 1. The van der Waals surface area contributed by atoms with Crippen LogP contribution >= 0.6 is 0 Å². The summed E-state index contributed by atoms with van der Waals surface area (Å²) in [7, 11) is 0. The Morgan fingerprint density at radius 3 is 2.60 bits per heavy atom. The molecule has 0 unspecified atom stereocenters. The maximum Gasteiger partial charge on any atom is 0.317 e. The summed E-state index contributed by atoms with van der Waals surface area (Å²) in [5, 5.41) is 4.22. The molecule has 0 atom stereocenters. The van der Waals surface area contributed by atoms with Crippen LogP contribution in [0.2, 0.25) is 0 Å². The molecule has 184 valence electrons. The van der Waals surface area contributed by atoms with Crippen LogP contribution in [0.15, 0.2) is 54.7 Å². The average molecular weight is 475 g/mol. The zero-order valence-corrected chi connectivity index (χ0v) is 20.4. The predicted octanol–water partition coefficient (Wildman–Crippen LogP) is 4.10. The van der Waals surface area contributed by atoms with E-state index in [4.69, 9.17) is 9.47 Å². The second kappa shape index (κ2) is 11.1. The SMILES string of the molecule is Cc1c(-c2ccc(OC3CCN(C(=O)NCCN4CCOCC4)CC3)cc2)ccc2cccnc12. The van der Waals surface area contributed by atoms with Crippen molar-refractivity contribution in [3.05, 3.63) is 60.3 Å². The van der Waals surface area contributed by atoms with Gasteiger partial charge >= 0.3 is 6.03 Å². The monoisotopic (exact) mass is 474 g/mol. The van der Waals surface area contributed by atoms with Gasteiger partial charge in [-0.25, -0.2) is 4.79 Å². The number of benzene rings is 2. The van der Waals surface area contributed by atoms with Crippen LogP contribution in [-0.4, -0.2) is 79.4 Å². The number of amides is 2. The Morgan fingerprint density at radius 2 is 1.83 bits per heavy atom. The second-order valence-corrected chi connectivity index (χ2v) is 9.33. The molecule has 5 rings (SSSR count). The Labute approximate surface area is 207 Å². The summed E-state index contributed by atoms with van der Waals surface area (Å²) in [6.07, 6.45) is 3.66. The fourth-order valence-corrected chi connectivity index (χ4v) is 4.94. The number of hydrogen-bond donors (Lipinski definition) is 1. The first kappa shape index (κ1) is 23.6. The number of ether oxygens (including phenoxy) is 2. The van der Waals surface area contributed by atoms with E-state index in [-0.39, 0.29) is 12.1 Å². The molecule has 2 fully saturated rings. The number of carbonyl (C=O) groups is 1. The first-order valence-corrected chi connectivity index (χ1v) is 12.6. The van der Waals surface area contributed by atoms with Crippen molar-refractivity contribution in [2.75, 3.05) is 52.5 Å². The minimum absolute atomic E-state index is 0.0290. The zero-order valence-electron chi connectivity index (χ0n) is 20.4. The molecule has 2 aromatic carbocycles. The molecule has 0 saturated carbocycles. The molecule has 0 radical (unpaired) electrons. The first-order chi connectivity index (χ1) is 17.2. The van der Waals surface area contributed by atoms with Gasteiger partial charge in [-0.05, 0) is 41.8 Å². The van der Waals surface area contributed by atoms with Gasteiger partial charge in [0.05, 0.1) is 18.7 Å². The third-order valence-electron chi connectivity index (χ3n) is 7.03. The van der Waals surface area contributed by atoms with Crippen molar-refractivity contribution in [2.24, 2.45) is 0 Å². The molecular formula is C28H34N4O3. The van der Waals surface area contributed by atoms with E-state index < -0.39 is 0 Å². The number of fused-ring (bicyclic) bond motifs is 1. The first-order valence-electron chi connectivity index (χ1n) is 12.6. The lowest BCUT2D eigenvalue weighted by molar-refractivity contribution is 0.0384. The molecule has 3 heterocycles. The fraction of sp³-hybridized carbons (Fsp3) is 0.429. The average Bonchev–Trinajstić information content (AvgIpc) is 2.91. The van der Waals surface area contributed by atoms with Gasteiger partial charge in [-0.2, -0.15) is 0 Å². The standard InChI is InChI=1S/C28H34N4O3/c1-21-26(9-6-23-3-2-12-29-27(21)23)22-4-7-24(8-5-22)35-25-10-14-32(15-11-25)28(33)30-13-16-31-17-19-34-20-18-31/h2-9,12,25H,10-11,13-20H2,1H3,(H,30,33). The maximum absolute atomic E-state index is 12.5. The smallest absolute Gasteiger partial charge is 0.317 e. The number of nitrogens with one attached hydrogen (secondary N) is 1. The van der Waals surface area contributed by atoms with E-state index >= 15 is 0 Å². The Morgan fingerprint density at radius 1 is 1.06 bits per heavy atom. The number of nitrogens with zero attached hydrogens (tertiary/aromatic N) is 3. The van der Waals surface area contributed by atoms with Crippen LogP contribution in [-0.2, 0) is 4.74 Å². The summed E-state index contributed by atoms with van der Waals surface area (Å²) < 4.78 is 11.6. The topological polar surface area (TPSA) is 66.9 Å². The molecule has 0 spiro atoms. The van der Waals surface area contributed by atoms with Gasteiger partial charge < -0.3 is 19.7 Å². The van der Waals surface area contributed by atoms with Gasteiger partial charge in [-0.15, -0.1) is 0 Å². The van der Waals surface area contributed by atoms with Crippen LogP contribution < -0.4 is 10.1 Å². The predicted molar refractivity (Wildman–Crippen MR) is 138 cm³/mol. The highest BCUT2D eigenvalue weighted by Crippen LogP contribution is 2.30. The van der Waals surface area contributed by atoms with Gasteiger partial charge in [0.15, 0.2) is 0 Å². The number of morpholine rings is 1. The summed E-state index contributed by atoms with van der Waals surface area (Å²) in [5.41, 5.74) is 4.58. The van der Waals surface area contributed by atoms with Crippen molar-refractivity contribution in [1.29, 1.82) is 0 Å². The normalized spacial score (nSPS) is 17.5. The number of aryl methyl sites for hydroxylation is 1. The van der Waals surface area contributed by atoms with Gasteiger partial charge in [0.25, 0.3) is 0 Å². The molecule has 3 aromatic rings. The molecule has 2 aliphatic rings. The Bertz CT molecular complexity index is 1140. The molecule has 1 N–H and O–H groups in total. The molecule has 2 amide bonds. The number of hydrogen-bond acceptors (Lipinski definition) is 5. The third kappa shape index (κ3) is 5.74. The molecule has 7 nitrogen and oxygen atoms in total. The van der Waals surface area contributed by atoms with Gasteiger partial charge in [0.1, 0.15) is 11.9 Å². The minimum atomic E-state index is 0.0290. The van der Waals surface area contributed by atoms with E-state index in [1.807, 2.05) is 29.3 Å². The quantitative estimate of drug-likeness (QED) is 0.583. The van der Waals surface area contributed by atoms with E-state index in [1.165, 1.54) is 11.1 Å². The van der Waals surface area contributed by atoms with Crippen LogP contribution in [0.5, 0.6) is 5.75 Å². The lowest BCUT2D eigenvalue weighted by Crippen LogP contribution is -2.48. The van der Waals surface area contributed by atoms with E-state index in [0.29, 0.717) is 6.54 Å². The number of likely N-dealkylation sites (tertiary alicyclic amines) is 1. The molecular weight excluding hydrogens is 440 g/mol.